The van der Waals surface area contributed by atoms with E-state index in [9.17, 15) is 14.7 Å². The van der Waals surface area contributed by atoms with Gasteiger partial charge in [-0.2, -0.15) is 0 Å². The molecule has 1 fully saturated rings. The van der Waals surface area contributed by atoms with Crippen LogP contribution in [-0.2, 0) is 16.1 Å². The van der Waals surface area contributed by atoms with E-state index in [2.05, 4.69) is 11.0 Å². The number of imidazole rings is 1. The highest BCUT2D eigenvalue weighted by Crippen LogP contribution is 2.31. The fourth-order valence-corrected chi connectivity index (χ4v) is 6.11. The van der Waals surface area contributed by atoms with E-state index in [1.165, 1.54) is 13.0 Å². The normalized spacial score (nSPS) is 14.8. The Morgan fingerprint density at radius 2 is 1.83 bits per heavy atom. The van der Waals surface area contributed by atoms with Crippen molar-refractivity contribution in [2.24, 2.45) is 0 Å². The van der Waals surface area contributed by atoms with E-state index < -0.39 is 17.8 Å². The van der Waals surface area contributed by atoms with Crippen molar-refractivity contribution in [1.29, 1.82) is 0 Å². The molecule has 0 radical (unpaired) electrons. The van der Waals surface area contributed by atoms with Gasteiger partial charge in [0.2, 0.25) is 0 Å². The molecule has 1 aliphatic rings. The molecule has 2 heterocycles. The number of hydrogen-bond donors (Lipinski definition) is 1. The summed E-state index contributed by atoms with van der Waals surface area (Å²) in [5, 5.41) is 12.1. The van der Waals surface area contributed by atoms with Gasteiger partial charge in [-0.15, -0.1) is 0 Å². The Balaban J connectivity index is 1.36. The highest BCUT2D eigenvalue weighted by Gasteiger charge is 2.34. The molecule has 1 aliphatic heterocycles. The number of rotatable bonds is 9. The fourth-order valence-electron chi connectivity index (χ4n) is 6.11. The number of fused-ring (bicyclic) bond motifs is 1. The van der Waals surface area contributed by atoms with Gasteiger partial charge in [-0.3, -0.25) is 14.2 Å². The number of nitrogens with zero attached hydrogens (tertiary/aromatic N) is 4. The van der Waals surface area contributed by atoms with Crippen LogP contribution in [0.15, 0.2) is 85.1 Å². The van der Waals surface area contributed by atoms with E-state index in [-0.39, 0.29) is 36.2 Å². The Hall–Kier alpha value is -5.22. The van der Waals surface area contributed by atoms with Crippen LogP contribution in [-0.4, -0.2) is 70.3 Å². The number of aliphatic hydroxyl groups is 1. The molecule has 1 saturated heterocycles. The molecule has 0 spiro atoms. The average Bonchev–Trinajstić information content (AvgIpc) is 3.52. The van der Waals surface area contributed by atoms with Crippen molar-refractivity contribution in [3.63, 3.8) is 0 Å². The van der Waals surface area contributed by atoms with E-state index in [4.69, 9.17) is 14.5 Å². The minimum atomic E-state index is -0.491. The van der Waals surface area contributed by atoms with E-state index in [1.807, 2.05) is 68.4 Å². The summed E-state index contributed by atoms with van der Waals surface area (Å²) in [4.78, 5) is 34.6. The van der Waals surface area contributed by atoms with Crippen molar-refractivity contribution in [2.45, 2.75) is 33.4 Å². The van der Waals surface area contributed by atoms with Crippen molar-refractivity contribution in [3.05, 3.63) is 108 Å². The highest BCUT2D eigenvalue weighted by molar-refractivity contribution is 5.94. The number of amides is 1. The lowest BCUT2D eigenvalue weighted by Crippen LogP contribution is -2.57. The molecule has 0 aliphatic carbocycles. The number of esters is 1. The van der Waals surface area contributed by atoms with Gasteiger partial charge in [0.05, 0.1) is 30.5 Å². The number of carbonyl (C=O) groups is 2. The standard InChI is InChI=1S/C37H37FN4O5/c1-4-46-31-10-7-9-28(19-31)42-21-35(39-36(42)33-13-12-24(2)16-34(33)38)37(45)41-15-14-40(20-30(41)23-47-25(3)44)29-17-26-8-5-6-11-32(26)27(18-29)22-43/h5-13,16-19,21,30,43H,4,14-15,20,22-23H2,1-3H3/t30-/m0/s1. The summed E-state index contributed by atoms with van der Waals surface area (Å²) in [5.74, 6) is -0.334. The Morgan fingerprint density at radius 1 is 1.00 bits per heavy atom. The minimum Gasteiger partial charge on any atom is -0.494 e. The summed E-state index contributed by atoms with van der Waals surface area (Å²) in [5.41, 5.74) is 3.54. The zero-order chi connectivity index (χ0) is 33.1. The third-order valence-corrected chi connectivity index (χ3v) is 8.39. The summed E-state index contributed by atoms with van der Waals surface area (Å²) in [6, 6.07) is 23.7. The summed E-state index contributed by atoms with van der Waals surface area (Å²) in [6.45, 7) is 6.62. The van der Waals surface area contributed by atoms with Crippen LogP contribution >= 0.6 is 0 Å². The largest absolute Gasteiger partial charge is 0.494 e. The van der Waals surface area contributed by atoms with Crippen molar-refractivity contribution >= 4 is 28.3 Å². The molecule has 0 unspecified atom stereocenters. The molecule has 0 saturated carbocycles. The average molecular weight is 637 g/mol. The number of halogens is 1. The van der Waals surface area contributed by atoms with Gasteiger partial charge in [-0.05, 0) is 72.1 Å². The highest BCUT2D eigenvalue weighted by atomic mass is 19.1. The third kappa shape index (κ3) is 6.69. The lowest BCUT2D eigenvalue weighted by Gasteiger charge is -2.42. The van der Waals surface area contributed by atoms with Gasteiger partial charge in [-0.25, -0.2) is 9.37 Å². The van der Waals surface area contributed by atoms with Gasteiger partial charge >= 0.3 is 5.97 Å². The molecule has 1 amide bonds. The van der Waals surface area contributed by atoms with Crippen LogP contribution in [0.5, 0.6) is 5.75 Å². The molecule has 242 valence electrons. The SMILES string of the molecule is CCOc1cccc(-n2cc(C(=O)N3CCN(c4cc(CO)c5ccccc5c4)C[C@H]3COC(C)=O)nc2-c2ccc(C)cc2F)c1. The zero-order valence-corrected chi connectivity index (χ0v) is 26.6. The molecule has 47 heavy (non-hydrogen) atoms. The van der Waals surface area contributed by atoms with Gasteiger partial charge in [-0.1, -0.05) is 36.4 Å². The maximum Gasteiger partial charge on any atom is 0.302 e. The number of carbonyl (C=O) groups excluding carboxylic acids is 2. The lowest BCUT2D eigenvalue weighted by molar-refractivity contribution is -0.142. The van der Waals surface area contributed by atoms with E-state index in [0.717, 1.165) is 27.6 Å². The zero-order valence-electron chi connectivity index (χ0n) is 26.6. The van der Waals surface area contributed by atoms with E-state index >= 15 is 4.39 Å². The van der Waals surface area contributed by atoms with Gasteiger partial charge in [0.25, 0.3) is 5.91 Å². The minimum absolute atomic E-state index is 0.00539. The first-order valence-corrected chi connectivity index (χ1v) is 15.7. The summed E-state index contributed by atoms with van der Waals surface area (Å²) >= 11 is 0. The molecule has 6 rings (SSSR count). The second kappa shape index (κ2) is 13.6. The molecule has 1 atom stereocenters. The van der Waals surface area contributed by atoms with Gasteiger partial charge in [0, 0.05) is 44.5 Å². The first-order valence-electron chi connectivity index (χ1n) is 15.7. The number of aromatic nitrogens is 2. The summed E-state index contributed by atoms with van der Waals surface area (Å²) in [7, 11) is 0. The number of hydrogen-bond acceptors (Lipinski definition) is 7. The fraction of sp³-hybridized carbons (Fsp3) is 0.270. The van der Waals surface area contributed by atoms with Crippen LogP contribution in [0.1, 0.15) is 35.5 Å². The number of piperazine rings is 1. The van der Waals surface area contributed by atoms with Crippen LogP contribution in [0, 0.1) is 12.7 Å². The van der Waals surface area contributed by atoms with Crippen LogP contribution in [0.3, 0.4) is 0 Å². The quantitative estimate of drug-likeness (QED) is 0.201. The predicted octanol–water partition coefficient (Wildman–Crippen LogP) is 5.93. The number of aryl methyl sites for hydroxylation is 1. The summed E-state index contributed by atoms with van der Waals surface area (Å²) in [6.07, 6.45) is 1.62. The Labute approximate surface area is 272 Å². The third-order valence-electron chi connectivity index (χ3n) is 8.39. The first kappa shape index (κ1) is 31.7. The van der Waals surface area contributed by atoms with Gasteiger partial charge in [0.15, 0.2) is 0 Å². The maximum absolute atomic E-state index is 15.3. The number of benzene rings is 4. The molecule has 5 aromatic rings. The van der Waals surface area contributed by atoms with Crippen LogP contribution < -0.4 is 9.64 Å². The van der Waals surface area contributed by atoms with Crippen LogP contribution in [0.4, 0.5) is 10.1 Å². The first-order chi connectivity index (χ1) is 22.7. The van der Waals surface area contributed by atoms with Gasteiger partial charge < -0.3 is 24.4 Å². The van der Waals surface area contributed by atoms with Crippen LogP contribution in [0.2, 0.25) is 0 Å². The number of aliphatic hydroxyl groups excluding tert-OH is 1. The number of anilines is 1. The molecule has 1 N–H and O–H groups in total. The molecule has 9 nitrogen and oxygen atoms in total. The molecular weight excluding hydrogens is 599 g/mol. The molecular formula is C37H37FN4O5. The topological polar surface area (TPSA) is 97.1 Å². The Kier molecular flexibility index (Phi) is 9.22. The Morgan fingerprint density at radius 3 is 2.60 bits per heavy atom. The molecule has 1 aromatic heterocycles. The number of ether oxygens (including phenoxy) is 2. The Bertz CT molecular complexity index is 1940. The van der Waals surface area contributed by atoms with Crippen molar-refractivity contribution in [3.8, 4) is 22.8 Å². The van der Waals surface area contributed by atoms with Crippen molar-refractivity contribution < 1.29 is 28.6 Å². The smallest absolute Gasteiger partial charge is 0.302 e. The second-order valence-corrected chi connectivity index (χ2v) is 11.6. The monoisotopic (exact) mass is 636 g/mol. The molecule has 10 heteroatoms. The van der Waals surface area contributed by atoms with Gasteiger partial charge in [0.1, 0.15) is 29.7 Å². The van der Waals surface area contributed by atoms with Crippen LogP contribution in [0.25, 0.3) is 27.8 Å². The van der Waals surface area contributed by atoms with E-state index in [0.29, 0.717) is 37.7 Å². The summed E-state index contributed by atoms with van der Waals surface area (Å²) < 4.78 is 28.2. The van der Waals surface area contributed by atoms with Crippen molar-refractivity contribution in [1.82, 2.24) is 14.5 Å². The molecule has 0 bridgehead atoms. The van der Waals surface area contributed by atoms with E-state index in [1.54, 1.807) is 27.8 Å². The maximum atomic E-state index is 15.3. The molecule has 4 aromatic carbocycles. The predicted molar refractivity (Wildman–Crippen MR) is 178 cm³/mol. The van der Waals surface area contributed by atoms with Crippen molar-refractivity contribution in [2.75, 3.05) is 37.7 Å². The lowest BCUT2D eigenvalue weighted by atomic mass is 10.0. The second-order valence-electron chi connectivity index (χ2n) is 11.6.